The third-order valence-electron chi connectivity index (χ3n) is 9.45. The number of nitrogens with two attached hydrogens (primary N) is 1. The molecular formula is C24H35N5OS. The smallest absolute Gasteiger partial charge is 0.198 e. The number of allylic oxidation sites excluding steroid dienone is 2. The van der Waals surface area contributed by atoms with Gasteiger partial charge in [0.05, 0.1) is 23.8 Å². The summed E-state index contributed by atoms with van der Waals surface area (Å²) in [5.74, 6) is 8.09. The molecule has 1 aromatic rings. The molecule has 4 aliphatic carbocycles. The summed E-state index contributed by atoms with van der Waals surface area (Å²) in [7, 11) is 0. The van der Waals surface area contributed by atoms with E-state index in [1.54, 1.807) is 5.57 Å². The lowest BCUT2D eigenvalue weighted by Crippen LogP contribution is -2.49. The van der Waals surface area contributed by atoms with Crippen molar-refractivity contribution in [2.45, 2.75) is 58.8 Å². The highest BCUT2D eigenvalue weighted by Crippen LogP contribution is 2.65. The average molecular weight is 442 g/mol. The number of rotatable bonds is 2. The van der Waals surface area contributed by atoms with E-state index >= 15 is 0 Å². The van der Waals surface area contributed by atoms with E-state index in [2.05, 4.69) is 35.5 Å². The Morgan fingerprint density at radius 3 is 2.77 bits per heavy atom. The Morgan fingerprint density at radius 2 is 1.97 bits per heavy atom. The van der Waals surface area contributed by atoms with Gasteiger partial charge in [-0.25, -0.2) is 9.99 Å². The second-order valence-corrected chi connectivity index (χ2v) is 11.7. The highest BCUT2D eigenvalue weighted by molar-refractivity contribution is 7.16. The van der Waals surface area contributed by atoms with E-state index < -0.39 is 0 Å². The Balaban J connectivity index is 1.30. The SMILES string of the molecule is C[C@]12CCc3nc(NN4CCOCC4)sc3C1=CC[C@@H]1[C@@H]2CC[C@]2(C)/C(=N/N)CC[C@@H]12. The minimum Gasteiger partial charge on any atom is -0.379 e. The van der Waals surface area contributed by atoms with Gasteiger partial charge in [0, 0.05) is 24.2 Å². The summed E-state index contributed by atoms with van der Waals surface area (Å²) in [6.07, 6.45) is 11.1. The van der Waals surface area contributed by atoms with Gasteiger partial charge < -0.3 is 10.6 Å². The number of morpholine rings is 1. The van der Waals surface area contributed by atoms with Crippen LogP contribution in [0.4, 0.5) is 5.13 Å². The van der Waals surface area contributed by atoms with Crippen LogP contribution in [0.25, 0.3) is 5.57 Å². The number of nitrogens with zero attached hydrogens (tertiary/aromatic N) is 3. The van der Waals surface area contributed by atoms with Gasteiger partial charge in [-0.2, -0.15) is 5.10 Å². The molecule has 1 aromatic heterocycles. The Kier molecular flexibility index (Phi) is 4.75. The maximum atomic E-state index is 5.80. The molecule has 2 saturated carbocycles. The highest BCUT2D eigenvalue weighted by atomic mass is 32.1. The molecule has 2 heterocycles. The molecule has 0 radical (unpaired) electrons. The van der Waals surface area contributed by atoms with Crippen LogP contribution in [0.15, 0.2) is 11.2 Å². The van der Waals surface area contributed by atoms with Gasteiger partial charge in [0.2, 0.25) is 0 Å². The van der Waals surface area contributed by atoms with Gasteiger partial charge in [0.15, 0.2) is 5.13 Å². The van der Waals surface area contributed by atoms with Crippen molar-refractivity contribution in [1.82, 2.24) is 9.99 Å². The van der Waals surface area contributed by atoms with Gasteiger partial charge >= 0.3 is 0 Å². The van der Waals surface area contributed by atoms with Crippen molar-refractivity contribution in [2.24, 2.45) is 39.5 Å². The number of hydrogen-bond donors (Lipinski definition) is 2. The average Bonchev–Trinajstić information content (AvgIpc) is 3.33. The number of aryl methyl sites for hydroxylation is 1. The molecule has 0 spiro atoms. The zero-order chi connectivity index (χ0) is 21.2. The monoisotopic (exact) mass is 441 g/mol. The predicted molar refractivity (Wildman–Crippen MR) is 126 cm³/mol. The summed E-state index contributed by atoms with van der Waals surface area (Å²) in [5.41, 5.74) is 8.25. The lowest BCUT2D eigenvalue weighted by molar-refractivity contribution is 0.0117. The summed E-state index contributed by atoms with van der Waals surface area (Å²) < 4.78 is 5.48. The molecule has 1 saturated heterocycles. The van der Waals surface area contributed by atoms with E-state index in [9.17, 15) is 0 Å². The van der Waals surface area contributed by atoms with Gasteiger partial charge in [-0.15, -0.1) is 0 Å². The first-order valence-corrected chi connectivity index (χ1v) is 12.9. The van der Waals surface area contributed by atoms with Crippen LogP contribution in [-0.4, -0.2) is 42.0 Å². The Labute approximate surface area is 189 Å². The van der Waals surface area contributed by atoms with Gasteiger partial charge in [-0.05, 0) is 73.7 Å². The van der Waals surface area contributed by atoms with Crippen LogP contribution in [0.3, 0.4) is 0 Å². The topological polar surface area (TPSA) is 75.8 Å². The van der Waals surface area contributed by atoms with Crippen LogP contribution < -0.4 is 11.3 Å². The first kappa shape index (κ1) is 20.2. The third-order valence-corrected chi connectivity index (χ3v) is 10.5. The molecule has 3 N–H and O–H groups in total. The Bertz CT molecular complexity index is 934. The fourth-order valence-corrected chi connectivity index (χ4v) is 8.95. The van der Waals surface area contributed by atoms with Crippen molar-refractivity contribution in [3.8, 4) is 0 Å². The second kappa shape index (κ2) is 7.29. The molecule has 0 bridgehead atoms. The van der Waals surface area contributed by atoms with E-state index in [0.717, 1.165) is 62.0 Å². The van der Waals surface area contributed by atoms with Crippen molar-refractivity contribution >= 4 is 27.8 Å². The predicted octanol–water partition coefficient (Wildman–Crippen LogP) is 4.30. The number of anilines is 1. The number of hydrogen-bond acceptors (Lipinski definition) is 7. The summed E-state index contributed by atoms with van der Waals surface area (Å²) in [6, 6.07) is 0. The van der Waals surface area contributed by atoms with Crippen LogP contribution in [0.1, 0.15) is 62.9 Å². The van der Waals surface area contributed by atoms with Crippen LogP contribution in [0.2, 0.25) is 0 Å². The van der Waals surface area contributed by atoms with E-state index in [1.165, 1.54) is 48.4 Å². The molecule has 6 rings (SSSR count). The molecule has 3 fully saturated rings. The summed E-state index contributed by atoms with van der Waals surface area (Å²) in [4.78, 5) is 6.46. The van der Waals surface area contributed by atoms with E-state index in [0.29, 0.717) is 0 Å². The highest BCUT2D eigenvalue weighted by Gasteiger charge is 2.58. The van der Waals surface area contributed by atoms with Gasteiger partial charge in [0.1, 0.15) is 0 Å². The standard InChI is InChI=1S/C24H35N5OS/c1-23-10-8-19-21(31-22(26-19)28-29-11-13-30-14-12-29)18(23)4-3-15-16-5-6-20(27-25)24(16,2)9-7-17(15)23/h4,15-17H,3,5-14,25H2,1-2H3,(H,26,28)/b27-20+/t15-,16-,17-,23+,24-/m0/s1. The molecule has 168 valence electrons. The number of nitrogens with one attached hydrogen (secondary N) is 1. The first-order valence-electron chi connectivity index (χ1n) is 12.1. The Morgan fingerprint density at radius 1 is 1.16 bits per heavy atom. The van der Waals surface area contributed by atoms with Crippen molar-refractivity contribution in [2.75, 3.05) is 31.7 Å². The zero-order valence-electron chi connectivity index (χ0n) is 18.8. The van der Waals surface area contributed by atoms with Gasteiger partial charge in [0.25, 0.3) is 0 Å². The molecule has 6 nitrogen and oxygen atoms in total. The fraction of sp³-hybridized carbons (Fsp3) is 0.750. The van der Waals surface area contributed by atoms with E-state index in [1.807, 2.05) is 11.3 Å². The maximum absolute atomic E-state index is 5.80. The normalized spacial score (nSPS) is 41.2. The lowest BCUT2D eigenvalue weighted by atomic mass is 9.48. The molecule has 5 aliphatic rings. The van der Waals surface area contributed by atoms with Gasteiger partial charge in [-0.3, -0.25) is 5.43 Å². The van der Waals surface area contributed by atoms with Gasteiger partial charge in [-0.1, -0.05) is 31.3 Å². The third kappa shape index (κ3) is 2.96. The molecular weight excluding hydrogens is 406 g/mol. The lowest BCUT2D eigenvalue weighted by Gasteiger charge is -2.56. The molecule has 1 aliphatic heterocycles. The number of thiazole rings is 1. The molecule has 0 amide bonds. The second-order valence-electron chi connectivity index (χ2n) is 10.7. The number of hydrazone groups is 1. The fourth-order valence-electron chi connectivity index (χ4n) is 7.73. The minimum absolute atomic E-state index is 0.233. The molecule has 31 heavy (non-hydrogen) atoms. The number of fused-ring (bicyclic) bond motifs is 7. The van der Waals surface area contributed by atoms with Crippen molar-refractivity contribution in [3.05, 3.63) is 16.6 Å². The number of ether oxygens (including phenoxy) is 1. The van der Waals surface area contributed by atoms with Crippen molar-refractivity contribution in [3.63, 3.8) is 0 Å². The maximum Gasteiger partial charge on any atom is 0.198 e. The van der Waals surface area contributed by atoms with Crippen LogP contribution >= 0.6 is 11.3 Å². The number of aromatic nitrogens is 1. The van der Waals surface area contributed by atoms with Crippen LogP contribution in [-0.2, 0) is 11.2 Å². The number of hydrazine groups is 1. The Hall–Kier alpha value is -1.44. The van der Waals surface area contributed by atoms with Crippen LogP contribution in [0.5, 0.6) is 0 Å². The molecule has 7 heteroatoms. The summed E-state index contributed by atoms with van der Waals surface area (Å²) in [5, 5.41) is 7.53. The molecule has 0 aromatic carbocycles. The largest absolute Gasteiger partial charge is 0.379 e. The first-order chi connectivity index (χ1) is 15.0. The van der Waals surface area contributed by atoms with Crippen molar-refractivity contribution < 1.29 is 4.74 Å². The quantitative estimate of drug-likeness (QED) is 0.529. The molecule has 0 unspecified atom stereocenters. The van der Waals surface area contributed by atoms with E-state index in [-0.39, 0.29) is 10.8 Å². The van der Waals surface area contributed by atoms with Crippen molar-refractivity contribution in [1.29, 1.82) is 0 Å². The summed E-state index contributed by atoms with van der Waals surface area (Å²) >= 11 is 1.87. The van der Waals surface area contributed by atoms with E-state index in [4.69, 9.17) is 15.6 Å². The van der Waals surface area contributed by atoms with Crippen LogP contribution in [0, 0.1) is 28.6 Å². The molecule has 5 atom stereocenters. The summed E-state index contributed by atoms with van der Waals surface area (Å²) in [6.45, 7) is 8.43. The minimum atomic E-state index is 0.233. The zero-order valence-corrected chi connectivity index (χ0v) is 19.6.